The van der Waals surface area contributed by atoms with Gasteiger partial charge in [0.15, 0.2) is 0 Å². The fourth-order valence-corrected chi connectivity index (χ4v) is 2.60. The SMILES string of the molecule is CC1(NCC2CCC=CO2)CCCCC1. The predicted octanol–water partition coefficient (Wildman–Crippen LogP) is 2.99. The summed E-state index contributed by atoms with van der Waals surface area (Å²) in [7, 11) is 0. The second kappa shape index (κ2) is 5.02. The standard InChI is InChI=1S/C13H23NO/c1-13(8-4-2-5-9-13)14-11-12-7-3-6-10-15-12/h6,10,12,14H,2-5,7-9,11H2,1H3. The first-order valence-corrected chi connectivity index (χ1v) is 6.34. The van der Waals surface area contributed by atoms with E-state index in [9.17, 15) is 0 Å². The maximum Gasteiger partial charge on any atom is 0.110 e. The minimum absolute atomic E-state index is 0.378. The van der Waals surface area contributed by atoms with E-state index >= 15 is 0 Å². The van der Waals surface area contributed by atoms with Crippen LogP contribution in [0.2, 0.25) is 0 Å². The van der Waals surface area contributed by atoms with Crippen LogP contribution in [-0.4, -0.2) is 18.2 Å². The maximum absolute atomic E-state index is 5.57. The summed E-state index contributed by atoms with van der Waals surface area (Å²) in [5.41, 5.74) is 0.378. The summed E-state index contributed by atoms with van der Waals surface area (Å²) >= 11 is 0. The summed E-state index contributed by atoms with van der Waals surface area (Å²) in [5.74, 6) is 0. The van der Waals surface area contributed by atoms with Crippen molar-refractivity contribution < 1.29 is 4.74 Å². The highest BCUT2D eigenvalue weighted by Crippen LogP contribution is 2.27. The lowest BCUT2D eigenvalue weighted by molar-refractivity contribution is 0.106. The van der Waals surface area contributed by atoms with Gasteiger partial charge in [-0.15, -0.1) is 0 Å². The van der Waals surface area contributed by atoms with E-state index in [-0.39, 0.29) is 0 Å². The van der Waals surface area contributed by atoms with Gasteiger partial charge in [-0.3, -0.25) is 0 Å². The molecule has 1 fully saturated rings. The second-order valence-corrected chi connectivity index (χ2v) is 5.21. The molecule has 0 aromatic carbocycles. The largest absolute Gasteiger partial charge is 0.497 e. The Morgan fingerprint density at radius 2 is 2.13 bits per heavy atom. The van der Waals surface area contributed by atoms with Crippen LogP contribution in [-0.2, 0) is 4.74 Å². The molecule has 2 rings (SSSR count). The van der Waals surface area contributed by atoms with Crippen molar-refractivity contribution >= 4 is 0 Å². The summed E-state index contributed by atoms with van der Waals surface area (Å²) in [6.07, 6.45) is 13.5. The number of nitrogens with one attached hydrogen (secondary N) is 1. The third-order valence-electron chi connectivity index (χ3n) is 3.74. The van der Waals surface area contributed by atoms with Crippen molar-refractivity contribution in [2.75, 3.05) is 6.54 Å². The van der Waals surface area contributed by atoms with Gasteiger partial charge in [-0.25, -0.2) is 0 Å². The van der Waals surface area contributed by atoms with Crippen molar-refractivity contribution in [3.05, 3.63) is 12.3 Å². The van der Waals surface area contributed by atoms with Crippen LogP contribution in [0.3, 0.4) is 0 Å². The molecule has 86 valence electrons. The number of rotatable bonds is 3. The van der Waals surface area contributed by atoms with E-state index in [4.69, 9.17) is 4.74 Å². The summed E-state index contributed by atoms with van der Waals surface area (Å²) in [4.78, 5) is 0. The molecule has 1 aliphatic carbocycles. The van der Waals surface area contributed by atoms with Gasteiger partial charge in [-0.1, -0.05) is 19.3 Å². The van der Waals surface area contributed by atoms with Gasteiger partial charge in [0.2, 0.25) is 0 Å². The van der Waals surface area contributed by atoms with Crippen LogP contribution < -0.4 is 5.32 Å². The minimum atomic E-state index is 0.378. The van der Waals surface area contributed by atoms with Crippen molar-refractivity contribution in [2.45, 2.75) is 63.5 Å². The minimum Gasteiger partial charge on any atom is -0.497 e. The van der Waals surface area contributed by atoms with Gasteiger partial charge in [-0.2, -0.15) is 0 Å². The summed E-state index contributed by atoms with van der Waals surface area (Å²) in [6, 6.07) is 0. The molecule has 1 saturated carbocycles. The quantitative estimate of drug-likeness (QED) is 0.771. The smallest absolute Gasteiger partial charge is 0.110 e. The lowest BCUT2D eigenvalue weighted by atomic mass is 9.83. The number of ether oxygens (including phenoxy) is 1. The molecule has 1 N–H and O–H groups in total. The fraction of sp³-hybridized carbons (Fsp3) is 0.846. The molecule has 2 nitrogen and oxygen atoms in total. The molecule has 2 aliphatic rings. The van der Waals surface area contributed by atoms with Crippen LogP contribution in [0.15, 0.2) is 12.3 Å². The first kappa shape index (κ1) is 11.0. The Morgan fingerprint density at radius 1 is 1.33 bits per heavy atom. The van der Waals surface area contributed by atoms with Gasteiger partial charge in [-0.05, 0) is 38.7 Å². The molecule has 1 unspecified atom stereocenters. The van der Waals surface area contributed by atoms with Crippen molar-refractivity contribution in [3.8, 4) is 0 Å². The molecule has 2 heteroatoms. The summed E-state index contributed by atoms with van der Waals surface area (Å²) in [5, 5.41) is 3.71. The van der Waals surface area contributed by atoms with Gasteiger partial charge in [0, 0.05) is 12.1 Å². The molecule has 1 atom stereocenters. The van der Waals surface area contributed by atoms with Gasteiger partial charge in [0.1, 0.15) is 6.10 Å². The predicted molar refractivity (Wildman–Crippen MR) is 62.7 cm³/mol. The van der Waals surface area contributed by atoms with Gasteiger partial charge in [0.25, 0.3) is 0 Å². The van der Waals surface area contributed by atoms with Crippen LogP contribution in [0.25, 0.3) is 0 Å². The van der Waals surface area contributed by atoms with E-state index in [0.717, 1.165) is 6.54 Å². The van der Waals surface area contributed by atoms with Crippen LogP contribution in [0.4, 0.5) is 0 Å². The highest BCUT2D eigenvalue weighted by molar-refractivity contribution is 4.89. The zero-order chi connectivity index (χ0) is 10.6. The maximum atomic E-state index is 5.57. The molecular weight excluding hydrogens is 186 g/mol. The van der Waals surface area contributed by atoms with E-state index < -0.39 is 0 Å². The molecule has 0 aromatic heterocycles. The Bertz CT molecular complexity index is 219. The van der Waals surface area contributed by atoms with E-state index in [1.807, 2.05) is 6.26 Å². The lowest BCUT2D eigenvalue weighted by Crippen LogP contribution is -2.47. The van der Waals surface area contributed by atoms with Gasteiger partial charge >= 0.3 is 0 Å². The van der Waals surface area contributed by atoms with Gasteiger partial charge in [0.05, 0.1) is 6.26 Å². The van der Waals surface area contributed by atoms with Crippen molar-refractivity contribution in [1.29, 1.82) is 0 Å². The lowest BCUT2D eigenvalue weighted by Gasteiger charge is -2.36. The topological polar surface area (TPSA) is 21.3 Å². The van der Waals surface area contributed by atoms with Gasteiger partial charge < -0.3 is 10.1 Å². The van der Waals surface area contributed by atoms with E-state index in [1.165, 1.54) is 44.9 Å². The van der Waals surface area contributed by atoms with Crippen LogP contribution in [0.1, 0.15) is 51.9 Å². The molecule has 15 heavy (non-hydrogen) atoms. The zero-order valence-electron chi connectivity index (χ0n) is 9.80. The van der Waals surface area contributed by atoms with E-state index in [0.29, 0.717) is 11.6 Å². The van der Waals surface area contributed by atoms with Crippen LogP contribution >= 0.6 is 0 Å². The molecule has 1 heterocycles. The molecule has 0 saturated heterocycles. The number of allylic oxidation sites excluding steroid dienone is 1. The third-order valence-corrected chi connectivity index (χ3v) is 3.74. The monoisotopic (exact) mass is 209 g/mol. The number of hydrogen-bond acceptors (Lipinski definition) is 2. The summed E-state index contributed by atoms with van der Waals surface area (Å²) in [6.45, 7) is 3.38. The van der Waals surface area contributed by atoms with Crippen molar-refractivity contribution in [1.82, 2.24) is 5.32 Å². The zero-order valence-corrected chi connectivity index (χ0v) is 9.80. The van der Waals surface area contributed by atoms with E-state index in [1.54, 1.807) is 0 Å². The average Bonchev–Trinajstić information content (AvgIpc) is 2.29. The average molecular weight is 209 g/mol. The second-order valence-electron chi connectivity index (χ2n) is 5.21. The fourth-order valence-electron chi connectivity index (χ4n) is 2.60. The highest BCUT2D eigenvalue weighted by atomic mass is 16.5. The first-order valence-electron chi connectivity index (χ1n) is 6.34. The molecule has 0 spiro atoms. The van der Waals surface area contributed by atoms with E-state index in [2.05, 4.69) is 18.3 Å². The Morgan fingerprint density at radius 3 is 2.80 bits per heavy atom. The molecule has 0 radical (unpaired) electrons. The molecular formula is C13H23NO. The first-order chi connectivity index (χ1) is 7.29. The molecule has 0 aromatic rings. The third kappa shape index (κ3) is 3.23. The summed E-state index contributed by atoms with van der Waals surface area (Å²) < 4.78 is 5.57. The molecule has 0 amide bonds. The molecule has 0 bridgehead atoms. The Labute approximate surface area is 93.1 Å². The van der Waals surface area contributed by atoms with Crippen molar-refractivity contribution in [3.63, 3.8) is 0 Å². The van der Waals surface area contributed by atoms with Crippen LogP contribution in [0.5, 0.6) is 0 Å². The number of hydrogen-bond donors (Lipinski definition) is 1. The molecule has 1 aliphatic heterocycles. The highest BCUT2D eigenvalue weighted by Gasteiger charge is 2.27. The van der Waals surface area contributed by atoms with Crippen LogP contribution in [0, 0.1) is 0 Å². The Balaban J connectivity index is 1.73. The Kier molecular flexibility index (Phi) is 3.68. The normalized spacial score (nSPS) is 29.8. The Hall–Kier alpha value is -0.500. The van der Waals surface area contributed by atoms with Crippen molar-refractivity contribution in [2.24, 2.45) is 0 Å².